The van der Waals surface area contributed by atoms with Crippen LogP contribution in [0.3, 0.4) is 0 Å². The zero-order valence-electron chi connectivity index (χ0n) is 15.7. The molecular formula is C21H28N2O2S. The summed E-state index contributed by atoms with van der Waals surface area (Å²) in [5, 5.41) is 3.89. The lowest BCUT2D eigenvalue weighted by Gasteiger charge is -2.34. The third-order valence-corrected chi connectivity index (χ3v) is 5.82. The van der Waals surface area contributed by atoms with Gasteiger partial charge in [0.2, 0.25) is 0 Å². The average molecular weight is 373 g/mol. The number of amides is 1. The molecule has 1 aromatic heterocycles. The summed E-state index contributed by atoms with van der Waals surface area (Å²) in [5.41, 5.74) is 2.07. The summed E-state index contributed by atoms with van der Waals surface area (Å²) in [6.07, 6.45) is 3.41. The van der Waals surface area contributed by atoms with E-state index in [4.69, 9.17) is 4.74 Å². The van der Waals surface area contributed by atoms with E-state index in [1.165, 1.54) is 18.4 Å². The molecule has 1 aliphatic heterocycles. The highest BCUT2D eigenvalue weighted by atomic mass is 32.1. The Morgan fingerprint density at radius 3 is 2.96 bits per heavy atom. The summed E-state index contributed by atoms with van der Waals surface area (Å²) in [4.78, 5) is 16.9. The zero-order valence-corrected chi connectivity index (χ0v) is 16.5. The normalized spacial score (nSPS) is 17.8. The van der Waals surface area contributed by atoms with Crippen LogP contribution in [-0.4, -0.2) is 56.0 Å². The molecule has 1 atom stereocenters. The van der Waals surface area contributed by atoms with Crippen molar-refractivity contribution in [3.05, 3.63) is 52.2 Å². The lowest BCUT2D eigenvalue weighted by Crippen LogP contribution is -2.42. The Balaban J connectivity index is 1.50. The van der Waals surface area contributed by atoms with E-state index < -0.39 is 0 Å². The van der Waals surface area contributed by atoms with Gasteiger partial charge in [-0.1, -0.05) is 18.2 Å². The lowest BCUT2D eigenvalue weighted by molar-refractivity contribution is 0.0731. The van der Waals surface area contributed by atoms with Gasteiger partial charge in [-0.15, -0.1) is 0 Å². The maximum atomic E-state index is 12.4. The number of para-hydroxylation sites is 1. The number of thiophene rings is 1. The van der Waals surface area contributed by atoms with Crippen molar-refractivity contribution < 1.29 is 9.53 Å². The molecule has 1 aromatic carbocycles. The predicted octanol–water partition coefficient (Wildman–Crippen LogP) is 3.78. The van der Waals surface area contributed by atoms with Crippen LogP contribution in [0.5, 0.6) is 5.75 Å². The number of benzene rings is 1. The van der Waals surface area contributed by atoms with Crippen LogP contribution < -0.4 is 4.74 Å². The van der Waals surface area contributed by atoms with Gasteiger partial charge in [0.05, 0.1) is 12.7 Å². The molecule has 1 fully saturated rings. The van der Waals surface area contributed by atoms with Crippen LogP contribution >= 0.6 is 11.3 Å². The topological polar surface area (TPSA) is 32.8 Å². The average Bonchev–Trinajstić information content (AvgIpc) is 3.21. The van der Waals surface area contributed by atoms with Crippen LogP contribution in [0.25, 0.3) is 0 Å². The molecule has 0 bridgehead atoms. The molecule has 1 aliphatic rings. The van der Waals surface area contributed by atoms with Crippen molar-refractivity contribution in [1.29, 1.82) is 0 Å². The third-order valence-electron chi connectivity index (χ3n) is 5.14. The van der Waals surface area contributed by atoms with Gasteiger partial charge in [-0.2, -0.15) is 11.3 Å². The minimum atomic E-state index is 0.136. The molecule has 0 N–H and O–H groups in total. The van der Waals surface area contributed by atoms with Crippen LogP contribution in [0.4, 0.5) is 0 Å². The molecule has 2 heterocycles. The largest absolute Gasteiger partial charge is 0.496 e. The summed E-state index contributed by atoms with van der Waals surface area (Å²) in [6, 6.07) is 10.2. The van der Waals surface area contributed by atoms with E-state index in [2.05, 4.69) is 17.0 Å². The van der Waals surface area contributed by atoms with Crippen LogP contribution in [0.2, 0.25) is 0 Å². The maximum absolute atomic E-state index is 12.4. The lowest BCUT2D eigenvalue weighted by atomic mass is 9.97. The number of hydrogen-bond donors (Lipinski definition) is 0. The van der Waals surface area contributed by atoms with Gasteiger partial charge in [0, 0.05) is 32.1 Å². The molecule has 0 radical (unpaired) electrons. The van der Waals surface area contributed by atoms with Crippen LogP contribution in [0.15, 0.2) is 41.1 Å². The Hall–Kier alpha value is -1.85. The van der Waals surface area contributed by atoms with Crippen molar-refractivity contribution in [2.45, 2.75) is 19.3 Å². The van der Waals surface area contributed by atoms with Gasteiger partial charge in [0.1, 0.15) is 5.75 Å². The van der Waals surface area contributed by atoms with Crippen molar-refractivity contribution in [2.24, 2.45) is 5.92 Å². The van der Waals surface area contributed by atoms with Crippen molar-refractivity contribution in [1.82, 2.24) is 9.80 Å². The van der Waals surface area contributed by atoms with E-state index in [1.54, 1.807) is 18.4 Å². The first-order valence-corrected chi connectivity index (χ1v) is 10.2. The zero-order chi connectivity index (χ0) is 18.4. The van der Waals surface area contributed by atoms with Crippen molar-refractivity contribution >= 4 is 17.2 Å². The fourth-order valence-electron chi connectivity index (χ4n) is 3.77. The van der Waals surface area contributed by atoms with Crippen molar-refractivity contribution in [3.8, 4) is 5.75 Å². The summed E-state index contributed by atoms with van der Waals surface area (Å²) in [6.45, 7) is 4.09. The number of carbonyl (C=O) groups excluding carboxylic acids is 1. The smallest absolute Gasteiger partial charge is 0.254 e. The minimum absolute atomic E-state index is 0.136. The first kappa shape index (κ1) is 18.9. The fraction of sp³-hybridized carbons (Fsp3) is 0.476. The number of hydrogen-bond acceptors (Lipinski definition) is 4. The molecule has 0 aliphatic carbocycles. The predicted molar refractivity (Wildman–Crippen MR) is 107 cm³/mol. The Kier molecular flexibility index (Phi) is 6.69. The number of likely N-dealkylation sites (tertiary alicyclic amines) is 1. The molecule has 0 saturated carbocycles. The van der Waals surface area contributed by atoms with Crippen molar-refractivity contribution in [3.63, 3.8) is 0 Å². The number of rotatable bonds is 7. The van der Waals surface area contributed by atoms with Crippen LogP contribution in [0.1, 0.15) is 28.8 Å². The van der Waals surface area contributed by atoms with Gasteiger partial charge in [-0.3, -0.25) is 4.79 Å². The number of piperidine rings is 1. The van der Waals surface area contributed by atoms with Crippen molar-refractivity contribution in [2.75, 3.05) is 40.3 Å². The fourth-order valence-corrected chi connectivity index (χ4v) is 4.40. The Bertz CT molecular complexity index is 702. The monoisotopic (exact) mass is 372 g/mol. The summed E-state index contributed by atoms with van der Waals surface area (Å²) in [5.74, 6) is 1.66. The molecule has 5 heteroatoms. The standard InChI is InChI=1S/C21H28N2O2S/c1-22(21(24)19-10-13-26-16-19)14-17-6-5-11-23(15-17)12-9-18-7-3-4-8-20(18)25-2/h3-4,7-8,10,13,16-17H,5-6,9,11-12,14-15H2,1-2H3/t17-/m1/s1. The molecule has 0 unspecified atom stereocenters. The summed E-state index contributed by atoms with van der Waals surface area (Å²) in [7, 11) is 3.66. The Labute approximate surface area is 160 Å². The second-order valence-corrected chi connectivity index (χ2v) is 7.85. The quantitative estimate of drug-likeness (QED) is 0.741. The maximum Gasteiger partial charge on any atom is 0.254 e. The summed E-state index contributed by atoms with van der Waals surface area (Å²) < 4.78 is 5.46. The second kappa shape index (κ2) is 9.19. The number of ether oxygens (including phenoxy) is 1. The van der Waals surface area contributed by atoms with E-state index >= 15 is 0 Å². The number of methoxy groups -OCH3 is 1. The molecular weight excluding hydrogens is 344 g/mol. The number of carbonyl (C=O) groups is 1. The highest BCUT2D eigenvalue weighted by Crippen LogP contribution is 2.21. The van der Waals surface area contributed by atoms with E-state index in [9.17, 15) is 4.79 Å². The Morgan fingerprint density at radius 2 is 2.19 bits per heavy atom. The molecule has 1 saturated heterocycles. The molecule has 1 amide bonds. The molecule has 2 aromatic rings. The summed E-state index contributed by atoms with van der Waals surface area (Å²) >= 11 is 1.57. The highest BCUT2D eigenvalue weighted by Gasteiger charge is 2.23. The minimum Gasteiger partial charge on any atom is -0.496 e. The molecule has 26 heavy (non-hydrogen) atoms. The molecule has 3 rings (SSSR count). The molecule has 140 valence electrons. The van der Waals surface area contributed by atoms with E-state index in [1.807, 2.05) is 40.9 Å². The Morgan fingerprint density at radius 1 is 1.35 bits per heavy atom. The van der Waals surface area contributed by atoms with Crippen LogP contribution in [0, 0.1) is 5.92 Å². The third kappa shape index (κ3) is 4.86. The SMILES string of the molecule is COc1ccccc1CCN1CCC[C@H](CN(C)C(=O)c2ccsc2)C1. The van der Waals surface area contributed by atoms with Gasteiger partial charge in [-0.05, 0) is 54.8 Å². The molecule has 4 nitrogen and oxygen atoms in total. The highest BCUT2D eigenvalue weighted by molar-refractivity contribution is 7.08. The van der Waals surface area contributed by atoms with E-state index in [0.717, 1.165) is 43.9 Å². The van der Waals surface area contributed by atoms with E-state index in [-0.39, 0.29) is 5.91 Å². The van der Waals surface area contributed by atoms with Gasteiger partial charge in [-0.25, -0.2) is 0 Å². The van der Waals surface area contributed by atoms with E-state index in [0.29, 0.717) is 5.92 Å². The van der Waals surface area contributed by atoms with Crippen LogP contribution in [-0.2, 0) is 6.42 Å². The first-order valence-electron chi connectivity index (χ1n) is 9.29. The molecule has 0 spiro atoms. The second-order valence-electron chi connectivity index (χ2n) is 7.07. The van der Waals surface area contributed by atoms with Gasteiger partial charge >= 0.3 is 0 Å². The number of nitrogens with zero attached hydrogens (tertiary/aromatic N) is 2. The first-order chi connectivity index (χ1) is 12.7. The van der Waals surface area contributed by atoms with Gasteiger partial charge < -0.3 is 14.5 Å². The van der Waals surface area contributed by atoms with Gasteiger partial charge in [0.15, 0.2) is 0 Å². The van der Waals surface area contributed by atoms with Gasteiger partial charge in [0.25, 0.3) is 5.91 Å².